The number of aliphatic hydroxyl groups is 1. The molecule has 0 bridgehead atoms. The molecule has 2 unspecified atom stereocenters. The van der Waals surface area contributed by atoms with Crippen LogP contribution < -0.4 is 10.6 Å². The second kappa shape index (κ2) is 8.07. The summed E-state index contributed by atoms with van der Waals surface area (Å²) in [4.78, 5) is 11.8. The van der Waals surface area contributed by atoms with Crippen molar-refractivity contribution in [3.8, 4) is 0 Å². The maximum Gasteiger partial charge on any atom is 0.315 e. The number of aliphatic hydroxyl groups excluding tert-OH is 1. The Morgan fingerprint density at radius 1 is 1.45 bits per heavy atom. The number of carbonyl (C=O) groups is 1. The van der Waals surface area contributed by atoms with Gasteiger partial charge < -0.3 is 15.7 Å². The smallest absolute Gasteiger partial charge is 0.315 e. The highest BCUT2D eigenvalue weighted by atomic mass is 35.5. The number of carbonyl (C=O) groups excluding carboxylic acids is 1. The third kappa shape index (κ3) is 4.98. The molecule has 112 valence electrons. The molecular weight excluding hydrogens is 283 g/mol. The quantitative estimate of drug-likeness (QED) is 0.756. The van der Waals surface area contributed by atoms with Crippen molar-refractivity contribution < 1.29 is 14.3 Å². The monoisotopic (exact) mass is 302 g/mol. The van der Waals surface area contributed by atoms with Gasteiger partial charge in [0.1, 0.15) is 5.82 Å². The van der Waals surface area contributed by atoms with Gasteiger partial charge in [0.25, 0.3) is 0 Å². The lowest BCUT2D eigenvalue weighted by Gasteiger charge is -2.20. The molecule has 0 aliphatic carbocycles. The molecule has 1 aromatic carbocycles. The zero-order valence-corrected chi connectivity index (χ0v) is 12.4. The van der Waals surface area contributed by atoms with Crippen molar-refractivity contribution in [2.24, 2.45) is 0 Å². The first kappa shape index (κ1) is 16.7. The summed E-state index contributed by atoms with van der Waals surface area (Å²) in [5, 5.41) is 14.7. The molecule has 4 nitrogen and oxygen atoms in total. The second-order valence-electron chi connectivity index (χ2n) is 4.62. The van der Waals surface area contributed by atoms with Crippen molar-refractivity contribution in [3.05, 3.63) is 34.6 Å². The van der Waals surface area contributed by atoms with Crippen molar-refractivity contribution in [3.63, 3.8) is 0 Å². The summed E-state index contributed by atoms with van der Waals surface area (Å²) in [6, 6.07) is 3.32. The zero-order valence-electron chi connectivity index (χ0n) is 11.6. The lowest BCUT2D eigenvalue weighted by atomic mass is 10.1. The molecule has 0 saturated carbocycles. The van der Waals surface area contributed by atoms with Crippen molar-refractivity contribution in [2.75, 3.05) is 6.61 Å². The molecule has 0 spiro atoms. The normalized spacial score (nSPS) is 13.7. The molecule has 0 aromatic heterocycles. The van der Waals surface area contributed by atoms with Gasteiger partial charge in [0.15, 0.2) is 0 Å². The molecule has 0 saturated heterocycles. The highest BCUT2D eigenvalue weighted by molar-refractivity contribution is 6.31. The average molecular weight is 303 g/mol. The molecular formula is C14H20ClFN2O2. The van der Waals surface area contributed by atoms with Crippen LogP contribution in [0.2, 0.25) is 5.02 Å². The second-order valence-corrected chi connectivity index (χ2v) is 5.03. The van der Waals surface area contributed by atoms with Crippen LogP contribution in [0.25, 0.3) is 0 Å². The number of hydrogen-bond acceptors (Lipinski definition) is 2. The van der Waals surface area contributed by atoms with Gasteiger partial charge in [-0.05, 0) is 37.5 Å². The first-order valence-corrected chi connectivity index (χ1v) is 6.98. The summed E-state index contributed by atoms with van der Waals surface area (Å²) >= 11 is 5.95. The van der Waals surface area contributed by atoms with E-state index in [1.807, 2.05) is 6.92 Å². The van der Waals surface area contributed by atoms with Crippen molar-refractivity contribution in [1.29, 1.82) is 0 Å². The third-order valence-corrected chi connectivity index (χ3v) is 3.41. The first-order chi connectivity index (χ1) is 9.47. The number of hydrogen-bond donors (Lipinski definition) is 3. The minimum atomic E-state index is -0.413. The molecule has 3 N–H and O–H groups in total. The van der Waals surface area contributed by atoms with Crippen LogP contribution in [-0.2, 0) is 0 Å². The van der Waals surface area contributed by atoms with Gasteiger partial charge in [-0.3, -0.25) is 0 Å². The average Bonchev–Trinajstić information content (AvgIpc) is 2.37. The van der Waals surface area contributed by atoms with E-state index in [9.17, 15) is 9.18 Å². The Hall–Kier alpha value is -1.33. The Morgan fingerprint density at radius 3 is 2.70 bits per heavy atom. The van der Waals surface area contributed by atoms with Gasteiger partial charge >= 0.3 is 6.03 Å². The lowest BCUT2D eigenvalue weighted by molar-refractivity contribution is 0.225. The van der Waals surface area contributed by atoms with E-state index in [0.717, 1.165) is 6.42 Å². The summed E-state index contributed by atoms with van der Waals surface area (Å²) in [6.07, 6.45) is 1.25. The van der Waals surface area contributed by atoms with Gasteiger partial charge in [-0.1, -0.05) is 24.6 Å². The van der Waals surface area contributed by atoms with Gasteiger partial charge in [-0.25, -0.2) is 9.18 Å². The maximum atomic E-state index is 13.0. The molecule has 2 amide bonds. The molecule has 1 aromatic rings. The number of urea groups is 1. The fourth-order valence-corrected chi connectivity index (χ4v) is 2.22. The minimum Gasteiger partial charge on any atom is -0.396 e. The van der Waals surface area contributed by atoms with E-state index in [4.69, 9.17) is 16.7 Å². The molecule has 0 fully saturated rings. The predicted molar refractivity (Wildman–Crippen MR) is 77.3 cm³/mol. The van der Waals surface area contributed by atoms with Crippen LogP contribution in [0.1, 0.15) is 38.3 Å². The topological polar surface area (TPSA) is 61.4 Å². The van der Waals surface area contributed by atoms with E-state index < -0.39 is 5.82 Å². The highest BCUT2D eigenvalue weighted by Crippen LogP contribution is 2.23. The maximum absolute atomic E-state index is 13.0. The highest BCUT2D eigenvalue weighted by Gasteiger charge is 2.15. The van der Waals surface area contributed by atoms with E-state index in [0.29, 0.717) is 12.0 Å². The van der Waals surface area contributed by atoms with E-state index >= 15 is 0 Å². The van der Waals surface area contributed by atoms with Crippen molar-refractivity contribution in [2.45, 2.75) is 38.8 Å². The fourth-order valence-electron chi connectivity index (χ4n) is 1.89. The minimum absolute atomic E-state index is 0.0259. The van der Waals surface area contributed by atoms with Gasteiger partial charge in [0.05, 0.1) is 6.04 Å². The van der Waals surface area contributed by atoms with Crippen molar-refractivity contribution in [1.82, 2.24) is 10.6 Å². The number of amides is 2. The summed E-state index contributed by atoms with van der Waals surface area (Å²) in [6.45, 7) is 3.73. The summed E-state index contributed by atoms with van der Waals surface area (Å²) in [5.74, 6) is -0.413. The lowest BCUT2D eigenvalue weighted by Crippen LogP contribution is -2.43. The van der Waals surface area contributed by atoms with Crippen LogP contribution >= 0.6 is 11.6 Å². The standard InChI is InChI=1S/C14H20ClFN2O2/c1-3-11(6-7-19)18-14(20)17-9(2)12-5-4-10(16)8-13(12)15/h4-5,8-9,11,19H,3,6-7H2,1-2H3,(H2,17,18,20). The van der Waals surface area contributed by atoms with E-state index in [1.54, 1.807) is 13.0 Å². The predicted octanol–water partition coefficient (Wildman–Crippen LogP) is 3.00. The molecule has 6 heteroatoms. The van der Waals surface area contributed by atoms with Crippen molar-refractivity contribution >= 4 is 17.6 Å². The van der Waals surface area contributed by atoms with Crippen LogP contribution in [0.5, 0.6) is 0 Å². The van der Waals surface area contributed by atoms with E-state index in [-0.39, 0.29) is 29.7 Å². The Kier molecular flexibility index (Phi) is 6.75. The van der Waals surface area contributed by atoms with Crippen LogP contribution in [0.4, 0.5) is 9.18 Å². The number of benzene rings is 1. The fraction of sp³-hybridized carbons (Fsp3) is 0.500. The Bertz CT molecular complexity index is 457. The molecule has 20 heavy (non-hydrogen) atoms. The first-order valence-electron chi connectivity index (χ1n) is 6.60. The Morgan fingerprint density at radius 2 is 2.15 bits per heavy atom. The number of rotatable bonds is 6. The molecule has 0 aliphatic rings. The van der Waals surface area contributed by atoms with E-state index in [2.05, 4.69) is 10.6 Å². The summed E-state index contributed by atoms with van der Waals surface area (Å²) < 4.78 is 13.0. The molecule has 1 rings (SSSR count). The van der Waals surface area contributed by atoms with Gasteiger partial charge in [0.2, 0.25) is 0 Å². The van der Waals surface area contributed by atoms with Gasteiger partial charge in [-0.15, -0.1) is 0 Å². The van der Waals surface area contributed by atoms with Crippen LogP contribution in [0.15, 0.2) is 18.2 Å². The van der Waals surface area contributed by atoms with Crippen LogP contribution in [0.3, 0.4) is 0 Å². The third-order valence-electron chi connectivity index (χ3n) is 3.08. The van der Waals surface area contributed by atoms with E-state index in [1.165, 1.54) is 12.1 Å². The Balaban J connectivity index is 2.60. The zero-order chi connectivity index (χ0) is 15.1. The Labute approximate surface area is 123 Å². The largest absolute Gasteiger partial charge is 0.396 e. The van der Waals surface area contributed by atoms with Gasteiger partial charge in [0, 0.05) is 17.7 Å². The molecule has 0 aliphatic heterocycles. The molecule has 0 radical (unpaired) electrons. The van der Waals surface area contributed by atoms with Gasteiger partial charge in [-0.2, -0.15) is 0 Å². The van der Waals surface area contributed by atoms with Crippen LogP contribution in [-0.4, -0.2) is 23.8 Å². The molecule has 0 heterocycles. The molecule has 2 atom stereocenters. The number of nitrogens with one attached hydrogen (secondary N) is 2. The van der Waals surface area contributed by atoms with Crippen LogP contribution in [0, 0.1) is 5.82 Å². The SMILES string of the molecule is CCC(CCO)NC(=O)NC(C)c1ccc(F)cc1Cl. The summed E-state index contributed by atoms with van der Waals surface area (Å²) in [7, 11) is 0. The number of halogens is 2. The summed E-state index contributed by atoms with van der Waals surface area (Å²) in [5.41, 5.74) is 0.651.